The lowest BCUT2D eigenvalue weighted by Crippen LogP contribution is -2.33. The van der Waals surface area contributed by atoms with Crippen molar-refractivity contribution in [3.8, 4) is 0 Å². The highest BCUT2D eigenvalue weighted by atomic mass is 32.2. The molecule has 0 amide bonds. The third-order valence-electron chi connectivity index (χ3n) is 5.82. The van der Waals surface area contributed by atoms with Crippen LogP contribution >= 0.6 is 23.1 Å². The second-order valence-electron chi connectivity index (χ2n) is 9.10. The minimum Gasteiger partial charge on any atom is -0.370 e. The van der Waals surface area contributed by atoms with Gasteiger partial charge in [-0.3, -0.25) is 0 Å². The van der Waals surface area contributed by atoms with Crippen molar-refractivity contribution in [3.63, 3.8) is 0 Å². The van der Waals surface area contributed by atoms with Crippen molar-refractivity contribution in [1.29, 1.82) is 0 Å². The molecule has 0 saturated heterocycles. The third kappa shape index (κ3) is 3.80. The third-order valence-corrected chi connectivity index (χ3v) is 7.44. The fourth-order valence-electron chi connectivity index (χ4n) is 4.19. The zero-order valence-electron chi connectivity index (χ0n) is 19.1. The summed E-state index contributed by atoms with van der Waals surface area (Å²) in [6, 6.07) is 0. The number of thiophene rings is 1. The number of nitrogens with zero attached hydrogens (tertiary/aromatic N) is 4. The summed E-state index contributed by atoms with van der Waals surface area (Å²) in [6.45, 7) is 12.6. The Kier molecular flexibility index (Phi) is 5.99. The van der Waals surface area contributed by atoms with Gasteiger partial charge in [0.1, 0.15) is 4.83 Å². The lowest BCUT2D eigenvalue weighted by atomic mass is 9.87. The van der Waals surface area contributed by atoms with E-state index < -0.39 is 0 Å². The predicted molar refractivity (Wildman–Crippen MR) is 129 cm³/mol. The Morgan fingerprint density at radius 3 is 2.63 bits per heavy atom. The highest BCUT2D eigenvalue weighted by molar-refractivity contribution is 7.98. The van der Waals surface area contributed by atoms with E-state index in [1.165, 1.54) is 28.6 Å². The molecule has 0 aliphatic carbocycles. The molecule has 3 aromatic rings. The number of fused-ring (bicyclic) bond motifs is 5. The van der Waals surface area contributed by atoms with E-state index in [2.05, 4.69) is 46.6 Å². The number of unbranched alkanes of at least 4 members (excludes halogenated alkanes) is 1. The molecule has 1 aliphatic rings. The quantitative estimate of drug-likeness (QED) is 0.335. The van der Waals surface area contributed by atoms with Gasteiger partial charge < -0.3 is 9.64 Å². The van der Waals surface area contributed by atoms with Crippen molar-refractivity contribution >= 4 is 49.3 Å². The molecule has 5 nitrogen and oxygen atoms in total. The van der Waals surface area contributed by atoms with Gasteiger partial charge in [-0.15, -0.1) is 11.3 Å². The van der Waals surface area contributed by atoms with Crippen LogP contribution in [0, 0.1) is 0 Å². The van der Waals surface area contributed by atoms with Gasteiger partial charge in [0.2, 0.25) is 0 Å². The fraction of sp³-hybridized carbons (Fsp3) is 0.609. The van der Waals surface area contributed by atoms with Crippen LogP contribution in [0.2, 0.25) is 0 Å². The first kappa shape index (κ1) is 21.8. The van der Waals surface area contributed by atoms with Crippen molar-refractivity contribution < 1.29 is 4.74 Å². The molecular formula is C23H32N4OS2. The number of thioether (sulfide) groups is 1. The number of hydrogen-bond donors (Lipinski definition) is 0. The highest BCUT2D eigenvalue weighted by Gasteiger charge is 2.32. The molecule has 0 bridgehead atoms. The van der Waals surface area contributed by atoms with Crippen molar-refractivity contribution in [2.24, 2.45) is 0 Å². The lowest BCUT2D eigenvalue weighted by molar-refractivity contribution is -0.0402. The molecule has 0 atom stereocenters. The van der Waals surface area contributed by atoms with Gasteiger partial charge in [0.25, 0.3) is 0 Å². The molecular weight excluding hydrogens is 412 g/mol. The summed E-state index contributed by atoms with van der Waals surface area (Å²) in [7, 11) is 2.14. The highest BCUT2D eigenvalue weighted by Crippen LogP contribution is 2.44. The van der Waals surface area contributed by atoms with Gasteiger partial charge in [0, 0.05) is 31.0 Å². The molecule has 0 unspecified atom stereocenters. The van der Waals surface area contributed by atoms with E-state index in [0.717, 1.165) is 45.4 Å². The summed E-state index contributed by atoms with van der Waals surface area (Å²) in [5.74, 6) is 1.39. The normalized spacial score (nSPS) is 15.9. The number of hydrogen-bond acceptors (Lipinski definition) is 7. The molecule has 4 rings (SSSR count). The van der Waals surface area contributed by atoms with Crippen LogP contribution in [0.3, 0.4) is 0 Å². The van der Waals surface area contributed by atoms with Gasteiger partial charge in [0.05, 0.1) is 28.1 Å². The van der Waals surface area contributed by atoms with Crippen LogP contribution in [0.1, 0.15) is 70.2 Å². The zero-order chi connectivity index (χ0) is 21.6. The van der Waals surface area contributed by atoms with Crippen molar-refractivity contribution in [2.45, 2.75) is 77.2 Å². The molecule has 0 radical (unpaired) electrons. The number of anilines is 1. The Hall–Kier alpha value is -1.44. The molecule has 0 N–H and O–H groups in total. The maximum atomic E-state index is 6.19. The summed E-state index contributed by atoms with van der Waals surface area (Å²) < 4.78 is 7.34. The molecule has 30 heavy (non-hydrogen) atoms. The predicted octanol–water partition coefficient (Wildman–Crippen LogP) is 6.17. The Bertz CT molecular complexity index is 1090. The second kappa shape index (κ2) is 8.24. The average Bonchev–Trinajstić information content (AvgIpc) is 3.08. The van der Waals surface area contributed by atoms with Crippen LogP contribution in [0.15, 0.2) is 5.16 Å². The first-order valence-corrected chi connectivity index (χ1v) is 12.8. The van der Waals surface area contributed by atoms with Crippen LogP contribution in [0.25, 0.3) is 20.4 Å². The van der Waals surface area contributed by atoms with Gasteiger partial charge in [0.15, 0.2) is 11.0 Å². The molecule has 3 aromatic heterocycles. The maximum absolute atomic E-state index is 6.19. The minimum atomic E-state index is -0.181. The van der Waals surface area contributed by atoms with Crippen LogP contribution < -0.4 is 4.90 Å². The van der Waals surface area contributed by atoms with E-state index >= 15 is 0 Å². The van der Waals surface area contributed by atoms with Gasteiger partial charge in [-0.2, -0.15) is 0 Å². The standard InChI is InChI=1S/C23H32N4OS2/c1-8-9-10-27(6)20-19-18(25-22(26-20)29-7)16-14-11-23(4,5)28-12-15(14)17(13(2)3)24-21(16)30-19/h13H,8-12H2,1-7H3. The smallest absolute Gasteiger partial charge is 0.189 e. The summed E-state index contributed by atoms with van der Waals surface area (Å²) in [6.07, 6.45) is 5.25. The topological polar surface area (TPSA) is 51.1 Å². The monoisotopic (exact) mass is 444 g/mol. The Labute approximate surface area is 187 Å². The lowest BCUT2D eigenvalue weighted by Gasteiger charge is -2.33. The van der Waals surface area contributed by atoms with Gasteiger partial charge >= 0.3 is 0 Å². The summed E-state index contributed by atoms with van der Waals surface area (Å²) >= 11 is 3.35. The van der Waals surface area contributed by atoms with Crippen molar-refractivity contribution in [3.05, 3.63) is 16.8 Å². The Balaban J connectivity index is 2.04. The van der Waals surface area contributed by atoms with E-state index in [0.29, 0.717) is 12.5 Å². The molecule has 4 heterocycles. The number of rotatable bonds is 6. The largest absolute Gasteiger partial charge is 0.370 e. The van der Waals surface area contributed by atoms with Gasteiger partial charge in [-0.05, 0) is 38.0 Å². The van der Waals surface area contributed by atoms with E-state index in [1.54, 1.807) is 23.1 Å². The summed E-state index contributed by atoms with van der Waals surface area (Å²) in [4.78, 5) is 18.4. The number of aromatic nitrogens is 3. The molecule has 1 aliphatic heterocycles. The van der Waals surface area contributed by atoms with E-state index in [4.69, 9.17) is 19.7 Å². The maximum Gasteiger partial charge on any atom is 0.189 e. The minimum absolute atomic E-state index is 0.181. The van der Waals surface area contributed by atoms with E-state index in [9.17, 15) is 0 Å². The Morgan fingerprint density at radius 2 is 1.97 bits per heavy atom. The first-order valence-electron chi connectivity index (χ1n) is 10.8. The molecule has 0 saturated carbocycles. The van der Waals surface area contributed by atoms with E-state index in [1.807, 2.05) is 6.26 Å². The Morgan fingerprint density at radius 1 is 1.20 bits per heavy atom. The molecule has 0 aromatic carbocycles. The molecule has 0 spiro atoms. The summed E-state index contributed by atoms with van der Waals surface area (Å²) in [5.41, 5.74) is 4.68. The van der Waals surface area contributed by atoms with Crippen LogP contribution in [-0.2, 0) is 17.8 Å². The van der Waals surface area contributed by atoms with Crippen LogP contribution in [-0.4, -0.2) is 40.4 Å². The van der Waals surface area contributed by atoms with Gasteiger partial charge in [-0.1, -0.05) is 39.0 Å². The SMILES string of the molecule is CCCCN(C)c1nc(SC)nc2c1sc1nc(C(C)C)c3c(c12)CC(C)(C)OC3. The van der Waals surface area contributed by atoms with Crippen molar-refractivity contribution in [2.75, 3.05) is 24.7 Å². The average molecular weight is 445 g/mol. The van der Waals surface area contributed by atoms with E-state index in [-0.39, 0.29) is 5.60 Å². The fourth-order valence-corrected chi connectivity index (χ4v) is 5.75. The molecule has 0 fully saturated rings. The number of pyridine rings is 1. The van der Waals surface area contributed by atoms with Crippen LogP contribution in [0.5, 0.6) is 0 Å². The van der Waals surface area contributed by atoms with Crippen LogP contribution in [0.4, 0.5) is 5.82 Å². The number of ether oxygens (including phenoxy) is 1. The van der Waals surface area contributed by atoms with Crippen molar-refractivity contribution in [1.82, 2.24) is 15.0 Å². The second-order valence-corrected chi connectivity index (χ2v) is 10.9. The summed E-state index contributed by atoms with van der Waals surface area (Å²) in [5, 5.41) is 2.04. The molecule has 7 heteroatoms. The molecule has 162 valence electrons. The first-order chi connectivity index (χ1) is 14.3. The zero-order valence-corrected chi connectivity index (χ0v) is 20.8. The van der Waals surface area contributed by atoms with Gasteiger partial charge in [-0.25, -0.2) is 15.0 Å².